The molecule has 1 aliphatic heterocycles. The molecule has 1 saturated heterocycles. The van der Waals surface area contributed by atoms with E-state index in [1.165, 1.54) is 67.5 Å². The fraction of sp³-hybridized carbons (Fsp3) is 0.571. The average molecular weight is 561 g/mol. The Morgan fingerprint density at radius 2 is 1.76 bits per heavy atom. The van der Waals surface area contributed by atoms with Crippen LogP contribution in [0.3, 0.4) is 0 Å². The normalized spacial score (nSPS) is 14.8. The smallest absolute Gasteiger partial charge is 0.267 e. The summed E-state index contributed by atoms with van der Waals surface area (Å²) in [7, 11) is 0. The molecule has 0 radical (unpaired) electrons. The molecule has 0 atom stereocenters. The highest BCUT2D eigenvalue weighted by molar-refractivity contribution is 8.26. The van der Waals surface area contributed by atoms with E-state index < -0.39 is 0 Å². The SMILES string of the molecule is CCCCCCCCCCCCN1C(=O)C(=Cc2c(NCCOCCO)nc3ccccn3c2=O)SC1=S. The van der Waals surface area contributed by atoms with Crippen LogP contribution in [0.1, 0.15) is 76.7 Å². The van der Waals surface area contributed by atoms with Gasteiger partial charge in [-0.3, -0.25) is 18.9 Å². The summed E-state index contributed by atoms with van der Waals surface area (Å²) in [6, 6.07) is 5.33. The molecule has 0 unspecified atom stereocenters. The number of hydrogen-bond donors (Lipinski definition) is 2. The number of nitrogens with zero attached hydrogens (tertiary/aromatic N) is 3. The number of anilines is 1. The highest BCUT2D eigenvalue weighted by atomic mass is 32.2. The van der Waals surface area contributed by atoms with Crippen LogP contribution in [0.15, 0.2) is 34.1 Å². The third-order valence-electron chi connectivity index (χ3n) is 6.43. The average Bonchev–Trinajstić information content (AvgIpc) is 3.18. The van der Waals surface area contributed by atoms with Crippen LogP contribution in [0, 0.1) is 0 Å². The van der Waals surface area contributed by atoms with Gasteiger partial charge in [0.05, 0.1) is 30.3 Å². The van der Waals surface area contributed by atoms with E-state index in [9.17, 15) is 9.59 Å². The predicted octanol–water partition coefficient (Wildman–Crippen LogP) is 5.24. The number of hydrogen-bond acceptors (Lipinski definition) is 8. The van der Waals surface area contributed by atoms with Crippen molar-refractivity contribution in [1.82, 2.24) is 14.3 Å². The van der Waals surface area contributed by atoms with Crippen LogP contribution in [0.5, 0.6) is 0 Å². The number of aliphatic hydroxyl groups is 1. The molecular formula is C28H40N4O4S2. The Balaban J connectivity index is 1.61. The number of thiocarbonyl (C=S) groups is 1. The minimum Gasteiger partial charge on any atom is -0.394 e. The van der Waals surface area contributed by atoms with Crippen molar-refractivity contribution in [2.75, 3.05) is 38.2 Å². The summed E-state index contributed by atoms with van der Waals surface area (Å²) in [6.07, 6.45) is 15.6. The molecule has 0 aliphatic carbocycles. The van der Waals surface area contributed by atoms with Crippen LogP contribution in [0.2, 0.25) is 0 Å². The van der Waals surface area contributed by atoms with Gasteiger partial charge in [0.25, 0.3) is 11.5 Å². The zero-order valence-corrected chi connectivity index (χ0v) is 24.0. The molecule has 2 N–H and O–H groups in total. The molecular weight excluding hydrogens is 520 g/mol. The van der Waals surface area contributed by atoms with Crippen molar-refractivity contribution in [1.29, 1.82) is 0 Å². The van der Waals surface area contributed by atoms with E-state index in [-0.39, 0.29) is 24.7 Å². The third kappa shape index (κ3) is 8.90. The molecule has 208 valence electrons. The second kappa shape index (κ2) is 16.6. The Kier molecular flexibility index (Phi) is 13.3. The van der Waals surface area contributed by atoms with Crippen molar-refractivity contribution in [2.24, 2.45) is 0 Å². The van der Waals surface area contributed by atoms with Gasteiger partial charge in [0, 0.05) is 19.3 Å². The maximum Gasteiger partial charge on any atom is 0.267 e. The molecule has 3 heterocycles. The molecule has 1 fully saturated rings. The number of nitrogens with one attached hydrogen (secondary N) is 1. The molecule has 2 aromatic heterocycles. The number of rotatable bonds is 18. The van der Waals surface area contributed by atoms with Gasteiger partial charge >= 0.3 is 0 Å². The lowest BCUT2D eigenvalue weighted by Crippen LogP contribution is -2.29. The summed E-state index contributed by atoms with van der Waals surface area (Å²) in [6.45, 7) is 3.77. The van der Waals surface area contributed by atoms with E-state index in [0.717, 1.165) is 12.8 Å². The zero-order chi connectivity index (χ0) is 27.2. The summed E-state index contributed by atoms with van der Waals surface area (Å²) in [5, 5.41) is 12.0. The van der Waals surface area contributed by atoms with Crippen LogP contribution in [0.25, 0.3) is 11.7 Å². The second-order valence-corrected chi connectivity index (χ2v) is 11.1. The third-order valence-corrected chi connectivity index (χ3v) is 7.81. The first kappa shape index (κ1) is 30.3. The molecule has 1 aliphatic rings. The predicted molar refractivity (Wildman–Crippen MR) is 160 cm³/mol. The van der Waals surface area contributed by atoms with Crippen molar-refractivity contribution in [2.45, 2.75) is 71.1 Å². The maximum absolute atomic E-state index is 13.3. The van der Waals surface area contributed by atoms with Gasteiger partial charge in [-0.15, -0.1) is 0 Å². The van der Waals surface area contributed by atoms with Crippen LogP contribution >= 0.6 is 24.0 Å². The minimum atomic E-state index is -0.269. The van der Waals surface area contributed by atoms with Gasteiger partial charge in [-0.05, 0) is 24.6 Å². The number of pyridine rings is 1. The lowest BCUT2D eigenvalue weighted by atomic mass is 10.1. The van der Waals surface area contributed by atoms with Gasteiger partial charge in [0.2, 0.25) is 0 Å². The summed E-state index contributed by atoms with van der Waals surface area (Å²) in [5.74, 6) is 0.222. The van der Waals surface area contributed by atoms with Crippen molar-refractivity contribution >= 4 is 51.7 Å². The molecule has 0 saturated carbocycles. The van der Waals surface area contributed by atoms with Crippen molar-refractivity contribution in [3.05, 3.63) is 45.2 Å². The fourth-order valence-electron chi connectivity index (χ4n) is 4.36. The van der Waals surface area contributed by atoms with E-state index in [4.69, 9.17) is 22.1 Å². The van der Waals surface area contributed by atoms with Crippen LogP contribution in [0.4, 0.5) is 5.82 Å². The van der Waals surface area contributed by atoms with E-state index in [1.807, 2.05) is 6.07 Å². The highest BCUT2D eigenvalue weighted by Gasteiger charge is 2.32. The molecule has 8 nitrogen and oxygen atoms in total. The first-order valence-electron chi connectivity index (χ1n) is 13.8. The van der Waals surface area contributed by atoms with Gasteiger partial charge in [-0.25, -0.2) is 4.98 Å². The minimum absolute atomic E-state index is 0.0538. The molecule has 38 heavy (non-hydrogen) atoms. The quantitative estimate of drug-likeness (QED) is 0.145. The van der Waals surface area contributed by atoms with Gasteiger partial charge < -0.3 is 15.2 Å². The molecule has 1 amide bonds. The highest BCUT2D eigenvalue weighted by Crippen LogP contribution is 2.33. The second-order valence-electron chi connectivity index (χ2n) is 9.39. The maximum atomic E-state index is 13.3. The summed E-state index contributed by atoms with van der Waals surface area (Å²) < 4.78 is 7.30. The summed E-state index contributed by atoms with van der Waals surface area (Å²) in [5.41, 5.74) is 0.534. The monoisotopic (exact) mass is 560 g/mol. The molecule has 0 aromatic carbocycles. The van der Waals surface area contributed by atoms with Crippen LogP contribution < -0.4 is 10.9 Å². The standard InChI is InChI=1S/C28H40N4O4S2/c1-2-3-4-5-6-7-8-9-10-12-17-32-27(35)23(38-28(32)37)21-22-25(29-15-19-36-20-18-33)30-24-14-11-13-16-31(24)26(22)34/h11,13-14,16,21,29,33H,2-10,12,15,17-20H2,1H3. The number of thioether (sulfide) groups is 1. The Morgan fingerprint density at radius 1 is 1.05 bits per heavy atom. The number of carbonyl (C=O) groups excluding carboxylic acids is 1. The Hall–Kier alpha value is -2.27. The summed E-state index contributed by atoms with van der Waals surface area (Å²) in [4.78, 5) is 33.2. The number of unbranched alkanes of at least 4 members (excludes halogenated alkanes) is 9. The Morgan fingerprint density at radius 3 is 2.47 bits per heavy atom. The number of amides is 1. The van der Waals surface area contributed by atoms with E-state index in [0.29, 0.717) is 46.0 Å². The Labute approximate surface area is 234 Å². The first-order chi connectivity index (χ1) is 18.6. The number of aliphatic hydroxyl groups excluding tert-OH is 1. The van der Waals surface area contributed by atoms with Crippen molar-refractivity contribution < 1.29 is 14.6 Å². The van der Waals surface area contributed by atoms with E-state index in [1.54, 1.807) is 29.3 Å². The largest absolute Gasteiger partial charge is 0.394 e. The van der Waals surface area contributed by atoms with Gasteiger partial charge in [0.15, 0.2) is 0 Å². The molecule has 10 heteroatoms. The first-order valence-corrected chi connectivity index (χ1v) is 15.0. The zero-order valence-electron chi connectivity index (χ0n) is 22.3. The number of fused-ring (bicyclic) bond motifs is 1. The molecule has 0 spiro atoms. The number of carbonyl (C=O) groups is 1. The topological polar surface area (TPSA) is 96.2 Å². The number of aromatic nitrogens is 2. The van der Waals surface area contributed by atoms with Crippen molar-refractivity contribution in [3.8, 4) is 0 Å². The fourth-order valence-corrected chi connectivity index (χ4v) is 5.65. The summed E-state index contributed by atoms with van der Waals surface area (Å²) >= 11 is 6.74. The lowest BCUT2D eigenvalue weighted by Gasteiger charge is -2.14. The molecule has 2 aromatic rings. The molecule has 0 bridgehead atoms. The Bertz CT molecular complexity index is 1150. The van der Waals surface area contributed by atoms with Gasteiger partial charge in [0.1, 0.15) is 15.8 Å². The van der Waals surface area contributed by atoms with E-state index in [2.05, 4.69) is 17.2 Å². The van der Waals surface area contributed by atoms with Crippen LogP contribution in [-0.4, -0.2) is 62.5 Å². The van der Waals surface area contributed by atoms with Crippen LogP contribution in [-0.2, 0) is 9.53 Å². The number of ether oxygens (including phenoxy) is 1. The van der Waals surface area contributed by atoms with Crippen molar-refractivity contribution in [3.63, 3.8) is 0 Å². The van der Waals surface area contributed by atoms with E-state index >= 15 is 0 Å². The molecule has 3 rings (SSSR count). The van der Waals surface area contributed by atoms with Gasteiger partial charge in [-0.1, -0.05) is 94.8 Å². The lowest BCUT2D eigenvalue weighted by molar-refractivity contribution is -0.122. The van der Waals surface area contributed by atoms with Gasteiger partial charge in [-0.2, -0.15) is 0 Å².